The van der Waals surface area contributed by atoms with Crippen molar-refractivity contribution in [2.45, 2.75) is 19.4 Å². The maximum absolute atomic E-state index is 12.6. The van der Waals surface area contributed by atoms with Gasteiger partial charge in [-0.3, -0.25) is 4.79 Å². The number of amides is 1. The standard InChI is InChI=1S/C24H28ClN5O2/c1-29(17-18-5-3-2-4-6-18)16-13-26-23(31)20-11-14-30(15-12-20)24-27-22(28-32-24)19-7-9-21(25)10-8-19/h2-10,20H,11-17H2,1H3,(H,26,31). The number of carbonyl (C=O) groups is 1. The Morgan fingerprint density at radius 2 is 1.88 bits per heavy atom. The molecule has 8 heteroatoms. The van der Waals surface area contributed by atoms with E-state index in [0.717, 1.165) is 31.5 Å². The van der Waals surface area contributed by atoms with Gasteiger partial charge in [0.1, 0.15) is 0 Å². The molecule has 2 aromatic carbocycles. The third-order valence-corrected chi connectivity index (χ3v) is 5.99. The molecular weight excluding hydrogens is 426 g/mol. The molecule has 1 saturated heterocycles. The Labute approximate surface area is 193 Å². The van der Waals surface area contributed by atoms with Crippen molar-refractivity contribution in [2.75, 3.05) is 38.1 Å². The number of rotatable bonds is 8. The molecule has 1 amide bonds. The number of anilines is 1. The lowest BCUT2D eigenvalue weighted by atomic mass is 9.96. The highest BCUT2D eigenvalue weighted by Gasteiger charge is 2.27. The Morgan fingerprint density at radius 1 is 1.16 bits per heavy atom. The number of nitrogens with one attached hydrogen (secondary N) is 1. The number of hydrogen-bond donors (Lipinski definition) is 1. The maximum atomic E-state index is 12.6. The minimum Gasteiger partial charge on any atom is -0.355 e. The van der Waals surface area contributed by atoms with Crippen molar-refractivity contribution in [3.63, 3.8) is 0 Å². The zero-order valence-corrected chi connectivity index (χ0v) is 19.0. The van der Waals surface area contributed by atoms with Crippen LogP contribution in [0.4, 0.5) is 6.01 Å². The third-order valence-electron chi connectivity index (χ3n) is 5.74. The summed E-state index contributed by atoms with van der Waals surface area (Å²) in [5.74, 6) is 0.686. The first-order valence-corrected chi connectivity index (χ1v) is 11.3. The van der Waals surface area contributed by atoms with Gasteiger partial charge < -0.3 is 19.6 Å². The molecule has 32 heavy (non-hydrogen) atoms. The molecule has 7 nitrogen and oxygen atoms in total. The highest BCUT2D eigenvalue weighted by atomic mass is 35.5. The van der Waals surface area contributed by atoms with Crippen molar-refractivity contribution in [1.29, 1.82) is 0 Å². The fourth-order valence-electron chi connectivity index (χ4n) is 3.88. The van der Waals surface area contributed by atoms with E-state index in [4.69, 9.17) is 16.1 Å². The second-order valence-electron chi connectivity index (χ2n) is 8.18. The Morgan fingerprint density at radius 3 is 2.59 bits per heavy atom. The molecule has 1 aliphatic rings. The summed E-state index contributed by atoms with van der Waals surface area (Å²) in [7, 11) is 2.07. The van der Waals surface area contributed by atoms with E-state index in [9.17, 15) is 4.79 Å². The highest BCUT2D eigenvalue weighted by molar-refractivity contribution is 6.30. The van der Waals surface area contributed by atoms with Crippen molar-refractivity contribution in [1.82, 2.24) is 20.4 Å². The second kappa shape index (κ2) is 10.6. The molecular formula is C24H28ClN5O2. The molecule has 0 bridgehead atoms. The molecule has 0 radical (unpaired) electrons. The van der Waals surface area contributed by atoms with E-state index in [1.54, 1.807) is 12.1 Å². The Balaban J connectivity index is 1.20. The van der Waals surface area contributed by atoms with E-state index in [1.165, 1.54) is 5.56 Å². The second-order valence-corrected chi connectivity index (χ2v) is 8.62. The number of likely N-dealkylation sites (N-methyl/N-ethyl adjacent to an activating group) is 1. The minimum atomic E-state index is 0.0179. The van der Waals surface area contributed by atoms with Gasteiger partial charge in [0.15, 0.2) is 0 Å². The quantitative estimate of drug-likeness (QED) is 0.558. The summed E-state index contributed by atoms with van der Waals surface area (Å²) in [5.41, 5.74) is 2.13. The largest absolute Gasteiger partial charge is 0.355 e. The molecule has 168 valence electrons. The highest BCUT2D eigenvalue weighted by Crippen LogP contribution is 2.25. The fraction of sp³-hybridized carbons (Fsp3) is 0.375. The van der Waals surface area contributed by atoms with Crippen LogP contribution in [0, 0.1) is 5.92 Å². The lowest BCUT2D eigenvalue weighted by Gasteiger charge is -2.29. The average Bonchev–Trinajstić information content (AvgIpc) is 3.30. The predicted octanol–water partition coefficient (Wildman–Crippen LogP) is 3.85. The number of carbonyl (C=O) groups excluding carboxylic acids is 1. The lowest BCUT2D eigenvalue weighted by Crippen LogP contribution is -2.42. The molecule has 0 atom stereocenters. The number of nitrogens with zero attached hydrogens (tertiary/aromatic N) is 4. The normalized spacial score (nSPS) is 14.7. The molecule has 3 aromatic rings. The molecule has 1 N–H and O–H groups in total. The summed E-state index contributed by atoms with van der Waals surface area (Å²) in [4.78, 5) is 21.4. The van der Waals surface area contributed by atoms with Crippen LogP contribution in [0.25, 0.3) is 11.4 Å². The zero-order valence-electron chi connectivity index (χ0n) is 18.2. The topological polar surface area (TPSA) is 74.5 Å². The van der Waals surface area contributed by atoms with Crippen LogP contribution >= 0.6 is 11.6 Å². The first-order valence-electron chi connectivity index (χ1n) is 10.9. The van der Waals surface area contributed by atoms with Gasteiger partial charge in [-0.2, -0.15) is 4.98 Å². The summed E-state index contributed by atoms with van der Waals surface area (Å²) >= 11 is 5.94. The molecule has 1 aromatic heterocycles. The van der Waals surface area contributed by atoms with Gasteiger partial charge in [-0.1, -0.05) is 47.1 Å². The van der Waals surface area contributed by atoms with Crippen LogP contribution < -0.4 is 10.2 Å². The van der Waals surface area contributed by atoms with E-state index < -0.39 is 0 Å². The van der Waals surface area contributed by atoms with Crippen LogP contribution in [0.5, 0.6) is 0 Å². The van der Waals surface area contributed by atoms with Crippen LogP contribution in [-0.4, -0.2) is 54.2 Å². The first-order chi connectivity index (χ1) is 15.6. The minimum absolute atomic E-state index is 0.0179. The van der Waals surface area contributed by atoms with Crippen LogP contribution in [0.2, 0.25) is 5.02 Å². The predicted molar refractivity (Wildman–Crippen MR) is 125 cm³/mol. The van der Waals surface area contributed by atoms with Gasteiger partial charge in [0.25, 0.3) is 0 Å². The molecule has 4 rings (SSSR count). The molecule has 0 saturated carbocycles. The smallest absolute Gasteiger partial charge is 0.324 e. The third kappa shape index (κ3) is 5.87. The molecule has 0 unspecified atom stereocenters. The number of piperidine rings is 1. The monoisotopic (exact) mass is 453 g/mol. The van der Waals surface area contributed by atoms with Gasteiger partial charge in [-0.15, -0.1) is 0 Å². The van der Waals surface area contributed by atoms with Gasteiger partial charge >= 0.3 is 6.01 Å². The first kappa shape index (κ1) is 22.3. The van der Waals surface area contributed by atoms with Crippen LogP contribution in [0.1, 0.15) is 18.4 Å². The van der Waals surface area contributed by atoms with Crippen molar-refractivity contribution in [3.8, 4) is 11.4 Å². The Bertz CT molecular complexity index is 1000. The van der Waals surface area contributed by atoms with E-state index in [1.807, 2.05) is 35.2 Å². The van der Waals surface area contributed by atoms with Gasteiger partial charge in [0, 0.05) is 49.2 Å². The fourth-order valence-corrected chi connectivity index (χ4v) is 4.01. The van der Waals surface area contributed by atoms with Gasteiger partial charge in [0.2, 0.25) is 11.7 Å². The van der Waals surface area contributed by atoms with Gasteiger partial charge in [-0.05, 0) is 49.7 Å². The van der Waals surface area contributed by atoms with Crippen LogP contribution in [-0.2, 0) is 11.3 Å². The van der Waals surface area contributed by atoms with Crippen molar-refractivity contribution < 1.29 is 9.32 Å². The lowest BCUT2D eigenvalue weighted by molar-refractivity contribution is -0.125. The molecule has 1 aliphatic heterocycles. The molecule has 1 fully saturated rings. The number of halogens is 1. The van der Waals surface area contributed by atoms with Crippen LogP contribution in [0.3, 0.4) is 0 Å². The summed E-state index contributed by atoms with van der Waals surface area (Å²) < 4.78 is 5.45. The van der Waals surface area contributed by atoms with E-state index in [-0.39, 0.29) is 11.8 Å². The maximum Gasteiger partial charge on any atom is 0.324 e. The number of benzene rings is 2. The van der Waals surface area contributed by atoms with Crippen molar-refractivity contribution >= 4 is 23.5 Å². The number of hydrogen-bond acceptors (Lipinski definition) is 6. The summed E-state index contributed by atoms with van der Waals surface area (Å²) in [6.07, 6.45) is 1.54. The molecule has 0 spiro atoms. The van der Waals surface area contributed by atoms with Crippen LogP contribution in [0.15, 0.2) is 59.1 Å². The van der Waals surface area contributed by atoms with Gasteiger partial charge in [-0.25, -0.2) is 0 Å². The van der Waals surface area contributed by atoms with Crippen molar-refractivity contribution in [2.24, 2.45) is 5.92 Å². The van der Waals surface area contributed by atoms with Gasteiger partial charge in [0.05, 0.1) is 0 Å². The number of aromatic nitrogens is 2. The summed E-state index contributed by atoms with van der Waals surface area (Å²) in [6.45, 7) is 3.77. The Kier molecular flexibility index (Phi) is 7.39. The summed E-state index contributed by atoms with van der Waals surface area (Å²) in [5, 5.41) is 7.84. The SMILES string of the molecule is CN(CCNC(=O)C1CCN(c2nc(-c3ccc(Cl)cc3)no2)CC1)Cc1ccccc1. The van der Waals surface area contributed by atoms with E-state index in [2.05, 4.69) is 39.5 Å². The average molecular weight is 454 g/mol. The van der Waals surface area contributed by atoms with E-state index >= 15 is 0 Å². The summed E-state index contributed by atoms with van der Waals surface area (Å²) in [6, 6.07) is 18.2. The molecule has 0 aliphatic carbocycles. The Hall–Kier alpha value is -2.90. The van der Waals surface area contributed by atoms with E-state index in [0.29, 0.717) is 36.5 Å². The van der Waals surface area contributed by atoms with Crippen molar-refractivity contribution in [3.05, 3.63) is 65.2 Å². The zero-order chi connectivity index (χ0) is 22.3. The molecule has 2 heterocycles.